The molecule has 7 heteroatoms. The molecule has 2 fully saturated rings. The minimum Gasteiger partial charge on any atom is -0.378 e. The topological polar surface area (TPSA) is 82.1 Å². The first-order valence-corrected chi connectivity index (χ1v) is 8.31. The average Bonchev–Trinajstić information content (AvgIpc) is 3.28. The van der Waals surface area contributed by atoms with Crippen molar-refractivity contribution in [3.63, 3.8) is 0 Å². The number of ether oxygens (including phenoxy) is 1. The van der Waals surface area contributed by atoms with Gasteiger partial charge in [-0.15, -0.1) is 0 Å². The van der Waals surface area contributed by atoms with Crippen molar-refractivity contribution < 1.29 is 4.74 Å². The van der Waals surface area contributed by atoms with Gasteiger partial charge in [0.15, 0.2) is 5.82 Å². The summed E-state index contributed by atoms with van der Waals surface area (Å²) in [5, 5.41) is 4.21. The monoisotopic (exact) mass is 314 g/mol. The predicted molar refractivity (Wildman–Crippen MR) is 87.5 cm³/mol. The summed E-state index contributed by atoms with van der Waals surface area (Å²) >= 11 is 0. The highest BCUT2D eigenvalue weighted by molar-refractivity contribution is 5.48. The van der Waals surface area contributed by atoms with Crippen molar-refractivity contribution >= 4 is 11.8 Å². The van der Waals surface area contributed by atoms with Crippen LogP contribution in [0.3, 0.4) is 0 Å². The average molecular weight is 314 g/mol. The molecule has 4 rings (SSSR count). The Labute approximate surface area is 135 Å². The molecule has 0 spiro atoms. The van der Waals surface area contributed by atoms with Gasteiger partial charge >= 0.3 is 0 Å². The number of nitrogens with zero attached hydrogens (tertiary/aromatic N) is 5. The van der Waals surface area contributed by atoms with Gasteiger partial charge in [0.05, 0.1) is 6.10 Å². The van der Waals surface area contributed by atoms with E-state index < -0.39 is 0 Å². The molecular weight excluding hydrogens is 292 g/mol. The maximum atomic E-state index is 5.89. The Hall–Kier alpha value is -2.15. The summed E-state index contributed by atoms with van der Waals surface area (Å²) in [5.74, 6) is 2.56. The molecule has 2 aromatic heterocycles. The molecular formula is C16H22N6O. The minimum atomic E-state index is 0.286. The first-order chi connectivity index (χ1) is 11.3. The second kappa shape index (κ2) is 6.16. The molecule has 1 unspecified atom stereocenters. The summed E-state index contributed by atoms with van der Waals surface area (Å²) in [6.07, 6.45) is 8.76. The van der Waals surface area contributed by atoms with Crippen LogP contribution in [0.15, 0.2) is 24.5 Å². The standard InChI is InChI=1S/C16H22N6O/c17-16-19-14(11-15(20-16)22-7-2-6-18-22)21-8-4-12(5-9-21)13-3-1-10-23-13/h2,6-7,11-13H,1,3-5,8-10H2,(H2,17,19,20). The van der Waals surface area contributed by atoms with Gasteiger partial charge < -0.3 is 15.4 Å². The van der Waals surface area contributed by atoms with Crippen LogP contribution in [0.25, 0.3) is 5.82 Å². The molecule has 4 heterocycles. The van der Waals surface area contributed by atoms with E-state index in [1.807, 2.05) is 18.3 Å². The molecule has 0 bridgehead atoms. The SMILES string of the molecule is Nc1nc(N2CCC(C3CCCO3)CC2)cc(-n2cccn2)n1. The minimum absolute atomic E-state index is 0.286. The van der Waals surface area contributed by atoms with Gasteiger partial charge in [0, 0.05) is 38.2 Å². The smallest absolute Gasteiger partial charge is 0.224 e. The Morgan fingerprint density at radius 3 is 2.65 bits per heavy atom. The first kappa shape index (κ1) is 14.4. The van der Waals surface area contributed by atoms with E-state index in [1.54, 1.807) is 10.9 Å². The molecule has 0 radical (unpaired) electrons. The molecule has 0 amide bonds. The summed E-state index contributed by atoms with van der Waals surface area (Å²) in [6, 6.07) is 3.82. The fourth-order valence-electron chi connectivity index (χ4n) is 3.60. The van der Waals surface area contributed by atoms with E-state index in [2.05, 4.69) is 20.0 Å². The van der Waals surface area contributed by atoms with Crippen molar-refractivity contribution in [2.75, 3.05) is 30.3 Å². The van der Waals surface area contributed by atoms with E-state index in [1.165, 1.54) is 12.8 Å². The lowest BCUT2D eigenvalue weighted by Crippen LogP contribution is -2.38. The highest BCUT2D eigenvalue weighted by atomic mass is 16.5. The molecule has 0 aliphatic carbocycles. The zero-order chi connectivity index (χ0) is 15.6. The lowest BCUT2D eigenvalue weighted by molar-refractivity contribution is 0.0531. The number of nitrogens with two attached hydrogens (primary N) is 1. The fraction of sp³-hybridized carbons (Fsp3) is 0.562. The van der Waals surface area contributed by atoms with Gasteiger partial charge in [0.25, 0.3) is 0 Å². The molecule has 122 valence electrons. The predicted octanol–water partition coefficient (Wildman–Crippen LogP) is 1.64. The summed E-state index contributed by atoms with van der Waals surface area (Å²) in [5.41, 5.74) is 5.89. The van der Waals surface area contributed by atoms with Gasteiger partial charge in [-0.25, -0.2) is 4.68 Å². The van der Waals surface area contributed by atoms with Gasteiger partial charge in [-0.1, -0.05) is 0 Å². The Balaban J connectivity index is 1.48. The second-order valence-corrected chi connectivity index (χ2v) is 6.27. The first-order valence-electron chi connectivity index (χ1n) is 8.31. The van der Waals surface area contributed by atoms with Crippen LogP contribution in [0.2, 0.25) is 0 Å². The van der Waals surface area contributed by atoms with Crippen LogP contribution < -0.4 is 10.6 Å². The number of rotatable bonds is 3. The van der Waals surface area contributed by atoms with Gasteiger partial charge in [-0.3, -0.25) is 0 Å². The van der Waals surface area contributed by atoms with Gasteiger partial charge in [-0.2, -0.15) is 15.1 Å². The zero-order valence-electron chi connectivity index (χ0n) is 13.1. The molecule has 2 aromatic rings. The van der Waals surface area contributed by atoms with E-state index in [-0.39, 0.29) is 5.95 Å². The number of aromatic nitrogens is 4. The molecule has 2 N–H and O–H groups in total. The molecule has 2 aliphatic heterocycles. The third-order valence-electron chi connectivity index (χ3n) is 4.81. The van der Waals surface area contributed by atoms with Gasteiger partial charge in [-0.05, 0) is 37.7 Å². The van der Waals surface area contributed by atoms with Crippen molar-refractivity contribution in [1.82, 2.24) is 19.7 Å². The molecule has 23 heavy (non-hydrogen) atoms. The number of hydrogen-bond donors (Lipinski definition) is 1. The highest BCUT2D eigenvalue weighted by Gasteiger charge is 2.30. The highest BCUT2D eigenvalue weighted by Crippen LogP contribution is 2.30. The van der Waals surface area contributed by atoms with Crippen LogP contribution in [-0.2, 0) is 4.74 Å². The second-order valence-electron chi connectivity index (χ2n) is 6.27. The maximum Gasteiger partial charge on any atom is 0.224 e. The van der Waals surface area contributed by atoms with Crippen molar-refractivity contribution in [3.05, 3.63) is 24.5 Å². The molecule has 7 nitrogen and oxygen atoms in total. The molecule has 2 saturated heterocycles. The van der Waals surface area contributed by atoms with E-state index >= 15 is 0 Å². The Kier molecular flexibility index (Phi) is 3.87. The van der Waals surface area contributed by atoms with Crippen LogP contribution in [0.1, 0.15) is 25.7 Å². The maximum absolute atomic E-state index is 5.89. The lowest BCUT2D eigenvalue weighted by atomic mass is 9.90. The number of piperidine rings is 1. The lowest BCUT2D eigenvalue weighted by Gasteiger charge is -2.35. The van der Waals surface area contributed by atoms with E-state index in [0.717, 1.165) is 38.4 Å². The normalized spacial score (nSPS) is 22.6. The van der Waals surface area contributed by atoms with E-state index in [0.29, 0.717) is 17.8 Å². The number of anilines is 2. The quantitative estimate of drug-likeness (QED) is 0.927. The van der Waals surface area contributed by atoms with E-state index in [4.69, 9.17) is 10.5 Å². The summed E-state index contributed by atoms with van der Waals surface area (Å²) in [6.45, 7) is 2.90. The third-order valence-corrected chi connectivity index (χ3v) is 4.81. The van der Waals surface area contributed by atoms with Crippen LogP contribution >= 0.6 is 0 Å². The van der Waals surface area contributed by atoms with E-state index in [9.17, 15) is 0 Å². The largest absolute Gasteiger partial charge is 0.378 e. The van der Waals surface area contributed by atoms with Gasteiger partial charge in [0.1, 0.15) is 5.82 Å². The van der Waals surface area contributed by atoms with Crippen molar-refractivity contribution in [2.24, 2.45) is 5.92 Å². The Bertz CT molecular complexity index is 645. The summed E-state index contributed by atoms with van der Waals surface area (Å²) in [7, 11) is 0. The molecule has 0 saturated carbocycles. The Morgan fingerprint density at radius 2 is 1.96 bits per heavy atom. The van der Waals surface area contributed by atoms with Crippen LogP contribution in [0, 0.1) is 5.92 Å². The molecule has 1 atom stereocenters. The Morgan fingerprint density at radius 1 is 1.13 bits per heavy atom. The van der Waals surface area contributed by atoms with Crippen molar-refractivity contribution in [3.8, 4) is 5.82 Å². The zero-order valence-corrected chi connectivity index (χ0v) is 13.1. The van der Waals surface area contributed by atoms with Crippen LogP contribution in [0.5, 0.6) is 0 Å². The number of nitrogen functional groups attached to an aromatic ring is 1. The fourth-order valence-corrected chi connectivity index (χ4v) is 3.60. The molecule has 0 aromatic carbocycles. The van der Waals surface area contributed by atoms with Crippen LogP contribution in [0.4, 0.5) is 11.8 Å². The molecule has 2 aliphatic rings. The van der Waals surface area contributed by atoms with Crippen molar-refractivity contribution in [1.29, 1.82) is 0 Å². The van der Waals surface area contributed by atoms with Crippen LogP contribution in [-0.4, -0.2) is 45.5 Å². The summed E-state index contributed by atoms with van der Waals surface area (Å²) < 4.78 is 7.55. The number of hydrogen-bond acceptors (Lipinski definition) is 6. The third kappa shape index (κ3) is 3.01. The van der Waals surface area contributed by atoms with Crippen molar-refractivity contribution in [2.45, 2.75) is 31.8 Å². The van der Waals surface area contributed by atoms with Gasteiger partial charge in [0.2, 0.25) is 5.95 Å². The summed E-state index contributed by atoms with van der Waals surface area (Å²) in [4.78, 5) is 11.0.